The first-order valence-electron chi connectivity index (χ1n) is 8.79. The summed E-state index contributed by atoms with van der Waals surface area (Å²) in [6, 6.07) is 15.1. The molecule has 2 aromatic heterocycles. The van der Waals surface area contributed by atoms with Gasteiger partial charge >= 0.3 is 0 Å². The van der Waals surface area contributed by atoms with E-state index in [4.69, 9.17) is 10.7 Å². The zero-order valence-electron chi connectivity index (χ0n) is 15.2. The minimum absolute atomic E-state index is 0.267. The van der Waals surface area contributed by atoms with Crippen molar-refractivity contribution in [3.8, 4) is 10.6 Å². The summed E-state index contributed by atoms with van der Waals surface area (Å²) in [5.74, 6) is 0.555. The molecular weight excluding hydrogens is 340 g/mol. The topological polar surface area (TPSA) is 56.7 Å². The quantitative estimate of drug-likeness (QED) is 0.541. The molecule has 5 heteroatoms. The van der Waals surface area contributed by atoms with Gasteiger partial charge in [0.2, 0.25) is 5.95 Å². The van der Waals surface area contributed by atoms with Crippen LogP contribution in [0.1, 0.15) is 36.7 Å². The predicted octanol–water partition coefficient (Wildman–Crippen LogP) is 5.22. The molecule has 0 amide bonds. The van der Waals surface area contributed by atoms with Gasteiger partial charge in [-0.3, -0.25) is 0 Å². The highest BCUT2D eigenvalue weighted by molar-refractivity contribution is 7.13. The number of hydrogen-bond donors (Lipinski definition) is 1. The molecule has 132 valence electrons. The van der Waals surface area contributed by atoms with E-state index < -0.39 is 0 Å². The van der Waals surface area contributed by atoms with E-state index in [-0.39, 0.29) is 6.04 Å². The van der Waals surface area contributed by atoms with E-state index in [1.165, 1.54) is 11.1 Å². The van der Waals surface area contributed by atoms with Gasteiger partial charge in [0.1, 0.15) is 10.5 Å². The average molecular weight is 363 g/mol. The molecule has 0 aliphatic heterocycles. The van der Waals surface area contributed by atoms with Crippen molar-refractivity contribution in [2.45, 2.75) is 33.2 Å². The monoisotopic (exact) mass is 362 g/mol. The maximum Gasteiger partial charge on any atom is 0.201 e. The summed E-state index contributed by atoms with van der Waals surface area (Å²) >= 11 is 1.66. The van der Waals surface area contributed by atoms with Crippen LogP contribution in [0.15, 0.2) is 47.8 Å². The lowest BCUT2D eigenvalue weighted by Crippen LogP contribution is -2.05. The summed E-state index contributed by atoms with van der Waals surface area (Å²) in [6.07, 6.45) is 0.843. The molecule has 0 atom stereocenters. The summed E-state index contributed by atoms with van der Waals surface area (Å²) in [5.41, 5.74) is 12.8. The fourth-order valence-electron chi connectivity index (χ4n) is 3.28. The van der Waals surface area contributed by atoms with Crippen LogP contribution in [0.3, 0.4) is 0 Å². The Balaban J connectivity index is 1.71. The Bertz CT molecular complexity index is 1060. The molecule has 0 unspecified atom stereocenters. The molecule has 0 bridgehead atoms. The Morgan fingerprint density at radius 1 is 1.08 bits per heavy atom. The van der Waals surface area contributed by atoms with E-state index in [2.05, 4.69) is 78.2 Å². The normalized spacial score (nSPS) is 11.5. The molecule has 4 rings (SSSR count). The van der Waals surface area contributed by atoms with Gasteiger partial charge in [0.05, 0.1) is 11.2 Å². The number of aryl methyl sites for hydroxylation is 1. The Morgan fingerprint density at radius 3 is 2.58 bits per heavy atom. The van der Waals surface area contributed by atoms with Gasteiger partial charge in [-0.1, -0.05) is 35.9 Å². The second-order valence-corrected chi connectivity index (χ2v) is 7.77. The minimum atomic E-state index is 0.267. The lowest BCUT2D eigenvalue weighted by Gasteiger charge is -2.10. The molecule has 2 heterocycles. The molecule has 0 fully saturated rings. The van der Waals surface area contributed by atoms with Crippen LogP contribution in [0.5, 0.6) is 0 Å². The number of para-hydroxylation sites is 1. The first-order chi connectivity index (χ1) is 12.5. The molecule has 0 aliphatic rings. The number of aromatic nitrogens is 3. The number of imidazole rings is 1. The summed E-state index contributed by atoms with van der Waals surface area (Å²) in [7, 11) is 0. The highest BCUT2D eigenvalue weighted by Gasteiger charge is 2.16. The lowest BCUT2D eigenvalue weighted by molar-refractivity contribution is 0.627. The minimum Gasteiger partial charge on any atom is -0.369 e. The van der Waals surface area contributed by atoms with Gasteiger partial charge < -0.3 is 10.3 Å². The summed E-state index contributed by atoms with van der Waals surface area (Å²) in [4.78, 5) is 9.48. The maximum absolute atomic E-state index is 6.16. The van der Waals surface area contributed by atoms with Crippen molar-refractivity contribution in [3.05, 3.63) is 64.7 Å². The summed E-state index contributed by atoms with van der Waals surface area (Å²) in [5, 5.41) is 3.13. The molecular formula is C21H22N4S. The van der Waals surface area contributed by atoms with Crippen molar-refractivity contribution in [3.63, 3.8) is 0 Å². The van der Waals surface area contributed by atoms with Gasteiger partial charge in [0, 0.05) is 23.4 Å². The van der Waals surface area contributed by atoms with Crippen LogP contribution in [0, 0.1) is 6.92 Å². The molecule has 4 nitrogen and oxygen atoms in total. The van der Waals surface area contributed by atoms with Crippen LogP contribution in [0.25, 0.3) is 21.6 Å². The fourth-order valence-corrected chi connectivity index (χ4v) is 4.12. The third kappa shape index (κ3) is 2.99. The molecule has 0 spiro atoms. The van der Waals surface area contributed by atoms with Gasteiger partial charge in [-0.2, -0.15) is 0 Å². The number of nitrogens with zero attached hydrogens (tertiary/aromatic N) is 3. The SMILES string of the molecule is Cc1ccc(Cc2csc(-c3cccc4c3nc(N)n4C(C)C)n2)cc1. The molecule has 0 radical (unpaired) electrons. The Hall–Kier alpha value is -2.66. The molecule has 0 saturated carbocycles. The Kier molecular flexibility index (Phi) is 4.24. The van der Waals surface area contributed by atoms with Crippen molar-refractivity contribution >= 4 is 28.3 Å². The highest BCUT2D eigenvalue weighted by Crippen LogP contribution is 2.33. The third-order valence-electron chi connectivity index (χ3n) is 4.55. The molecule has 0 saturated heterocycles. The van der Waals surface area contributed by atoms with Crippen molar-refractivity contribution in [2.24, 2.45) is 0 Å². The fraction of sp³-hybridized carbons (Fsp3) is 0.238. The zero-order chi connectivity index (χ0) is 18.3. The van der Waals surface area contributed by atoms with Crippen LogP contribution < -0.4 is 5.73 Å². The van der Waals surface area contributed by atoms with E-state index in [1.807, 2.05) is 0 Å². The molecule has 0 aliphatic carbocycles. The standard InChI is InChI=1S/C21H22N4S/c1-13(2)25-18-6-4-5-17(19(18)24-21(25)22)20-23-16(12-26-20)11-15-9-7-14(3)8-10-15/h4-10,12-13H,11H2,1-3H3,(H2,22,24). The smallest absolute Gasteiger partial charge is 0.201 e. The Labute approximate surface area is 157 Å². The predicted molar refractivity (Wildman–Crippen MR) is 110 cm³/mol. The van der Waals surface area contributed by atoms with E-state index in [0.29, 0.717) is 5.95 Å². The number of nitrogens with two attached hydrogens (primary N) is 1. The number of rotatable bonds is 4. The number of fused-ring (bicyclic) bond motifs is 1. The maximum atomic E-state index is 6.16. The molecule has 26 heavy (non-hydrogen) atoms. The van der Waals surface area contributed by atoms with Crippen molar-refractivity contribution < 1.29 is 0 Å². The third-order valence-corrected chi connectivity index (χ3v) is 5.48. The molecule has 4 aromatic rings. The van der Waals surface area contributed by atoms with Crippen LogP contribution in [-0.4, -0.2) is 14.5 Å². The zero-order valence-corrected chi connectivity index (χ0v) is 16.0. The molecule has 2 aromatic carbocycles. The van der Waals surface area contributed by atoms with Crippen molar-refractivity contribution in [1.29, 1.82) is 0 Å². The van der Waals surface area contributed by atoms with Gasteiger partial charge in [-0.25, -0.2) is 9.97 Å². The van der Waals surface area contributed by atoms with Gasteiger partial charge in [-0.15, -0.1) is 11.3 Å². The van der Waals surface area contributed by atoms with E-state index in [9.17, 15) is 0 Å². The van der Waals surface area contributed by atoms with Crippen LogP contribution in [-0.2, 0) is 6.42 Å². The average Bonchev–Trinajstić information content (AvgIpc) is 3.20. The van der Waals surface area contributed by atoms with E-state index in [1.54, 1.807) is 11.3 Å². The first-order valence-corrected chi connectivity index (χ1v) is 9.67. The van der Waals surface area contributed by atoms with E-state index in [0.717, 1.165) is 33.7 Å². The van der Waals surface area contributed by atoms with Crippen molar-refractivity contribution in [2.75, 3.05) is 5.73 Å². The largest absolute Gasteiger partial charge is 0.369 e. The first kappa shape index (κ1) is 16.8. The number of hydrogen-bond acceptors (Lipinski definition) is 4. The van der Waals surface area contributed by atoms with Crippen LogP contribution in [0.4, 0.5) is 5.95 Å². The second-order valence-electron chi connectivity index (χ2n) is 6.91. The lowest BCUT2D eigenvalue weighted by atomic mass is 10.1. The Morgan fingerprint density at radius 2 is 1.85 bits per heavy atom. The van der Waals surface area contributed by atoms with Crippen molar-refractivity contribution in [1.82, 2.24) is 14.5 Å². The van der Waals surface area contributed by atoms with Gasteiger partial charge in [0.25, 0.3) is 0 Å². The van der Waals surface area contributed by atoms with E-state index >= 15 is 0 Å². The second kappa shape index (κ2) is 6.57. The summed E-state index contributed by atoms with van der Waals surface area (Å²) in [6.45, 7) is 6.34. The van der Waals surface area contributed by atoms with Crippen LogP contribution in [0.2, 0.25) is 0 Å². The van der Waals surface area contributed by atoms with Crippen LogP contribution >= 0.6 is 11.3 Å². The molecule has 2 N–H and O–H groups in total. The number of benzene rings is 2. The number of thiazole rings is 1. The van der Waals surface area contributed by atoms with Gasteiger partial charge in [-0.05, 0) is 38.5 Å². The number of nitrogen functional groups attached to an aromatic ring is 1. The van der Waals surface area contributed by atoms with Gasteiger partial charge in [0.15, 0.2) is 0 Å². The summed E-state index contributed by atoms with van der Waals surface area (Å²) < 4.78 is 2.07. The highest BCUT2D eigenvalue weighted by atomic mass is 32.1. The number of anilines is 1.